The SMILES string of the molecule is C[C@@H](O[C@H]1OCCN(Cc2nn(P(=O)(O)O)c(=O)[nH]2)[C@H]1[13c]1[13cH][13cH][13c](F)[13cH][13cH]1)c1cc(C(F)(F)F)cc(C(F)(F)F)c1. The molecule has 18 heteroatoms. The summed E-state index contributed by atoms with van der Waals surface area (Å²) in [5.74, 6) is -0.775. The van der Waals surface area contributed by atoms with E-state index in [-0.39, 0.29) is 36.0 Å². The van der Waals surface area contributed by atoms with Crippen LogP contribution < -0.4 is 5.69 Å². The van der Waals surface area contributed by atoms with Gasteiger partial charge in [0.15, 0.2) is 6.29 Å². The van der Waals surface area contributed by atoms with Crippen LogP contribution in [-0.2, 0) is 32.9 Å². The van der Waals surface area contributed by atoms with Gasteiger partial charge in [-0.05, 0) is 48.4 Å². The zero-order chi connectivity index (χ0) is 30.3. The average molecular weight is 620 g/mol. The standard InChI is InChI=1S/C23H22F7N4O6P/c1-12(14-8-15(22(25,26)27)10-16(9-14)23(28,29)30)40-20-19(13-2-4-17(24)5-3-13)33(6-7-39-20)11-18-31-21(35)34(32-18)41(36,37)38/h2-5,8-10,12,19-20H,6-7,11H2,1H3,(H,31,32,35)(H2,36,37,38)/t12-,19+,20-/m1/s1/i2+1,3+1,4+1,5+1,13+1,17+1. The fourth-order valence-electron chi connectivity index (χ4n) is 4.30. The van der Waals surface area contributed by atoms with Crippen LogP contribution >= 0.6 is 7.75 Å². The number of H-pyrrole nitrogens is 1. The van der Waals surface area contributed by atoms with Gasteiger partial charge in [-0.15, -0.1) is 9.55 Å². The van der Waals surface area contributed by atoms with E-state index in [4.69, 9.17) is 9.47 Å². The lowest BCUT2D eigenvalue weighted by Crippen LogP contribution is -2.46. The van der Waals surface area contributed by atoms with E-state index in [1.807, 2.05) is 0 Å². The molecule has 1 aliphatic rings. The van der Waals surface area contributed by atoms with Gasteiger partial charge in [0.1, 0.15) is 11.6 Å². The number of aromatic amines is 1. The number of nitrogens with zero attached hydrogens (tertiary/aromatic N) is 3. The quantitative estimate of drug-likeness (QED) is 0.263. The van der Waals surface area contributed by atoms with Crippen molar-refractivity contribution in [1.29, 1.82) is 0 Å². The summed E-state index contributed by atoms with van der Waals surface area (Å²) in [7, 11) is -5.07. The number of rotatable bonds is 7. The molecule has 224 valence electrons. The third-order valence-corrected chi connectivity index (χ3v) is 6.95. The van der Waals surface area contributed by atoms with Crippen LogP contribution in [0.1, 0.15) is 47.1 Å². The maximum atomic E-state index is 13.7. The van der Waals surface area contributed by atoms with E-state index in [0.717, 1.165) is 12.1 Å². The monoisotopic (exact) mass is 620 g/mol. The van der Waals surface area contributed by atoms with Gasteiger partial charge in [-0.1, -0.05) is 12.1 Å². The Balaban J connectivity index is 1.68. The summed E-state index contributed by atoms with van der Waals surface area (Å²) < 4.78 is 117. The number of halogens is 7. The lowest BCUT2D eigenvalue weighted by atomic mass is 10.0. The second-order valence-corrected chi connectivity index (χ2v) is 10.5. The highest BCUT2D eigenvalue weighted by Crippen LogP contribution is 2.40. The zero-order valence-electron chi connectivity index (χ0n) is 20.9. The first kappa shape index (κ1) is 30.9. The van der Waals surface area contributed by atoms with Crippen LogP contribution in [-0.4, -0.2) is 48.7 Å². The highest BCUT2D eigenvalue weighted by atomic mass is 31.2. The van der Waals surface area contributed by atoms with Crippen molar-refractivity contribution >= 4 is 7.75 Å². The summed E-state index contributed by atoms with van der Waals surface area (Å²) in [5.41, 5.74) is -4.31. The predicted molar refractivity (Wildman–Crippen MR) is 126 cm³/mol. The van der Waals surface area contributed by atoms with Crippen molar-refractivity contribution in [3.8, 4) is 0 Å². The molecule has 3 atom stereocenters. The molecule has 3 aromatic rings. The first-order valence-corrected chi connectivity index (χ1v) is 13.3. The van der Waals surface area contributed by atoms with Crippen molar-refractivity contribution in [2.24, 2.45) is 0 Å². The van der Waals surface area contributed by atoms with Gasteiger partial charge in [0.05, 0.1) is 36.4 Å². The molecule has 3 N–H and O–H groups in total. The molecule has 0 bridgehead atoms. The Kier molecular flexibility index (Phi) is 8.51. The first-order chi connectivity index (χ1) is 18.9. The highest BCUT2D eigenvalue weighted by molar-refractivity contribution is 7.49. The summed E-state index contributed by atoms with van der Waals surface area (Å²) in [6, 6.07) is 5.01. The number of nitrogens with one attached hydrogen (secondary N) is 1. The van der Waals surface area contributed by atoms with Crippen LogP contribution in [0.5, 0.6) is 0 Å². The summed E-state index contributed by atoms with van der Waals surface area (Å²) in [6.07, 6.45) is -12.8. The second-order valence-electron chi connectivity index (χ2n) is 9.10. The number of morpholine rings is 1. The smallest absolute Gasteiger partial charge is 0.349 e. The normalized spacial score (nSPS) is 19.9. The number of benzene rings is 2. The van der Waals surface area contributed by atoms with E-state index in [9.17, 15) is 49.9 Å². The van der Waals surface area contributed by atoms with Gasteiger partial charge < -0.3 is 19.3 Å². The predicted octanol–water partition coefficient (Wildman–Crippen LogP) is 4.37. The van der Waals surface area contributed by atoms with Crippen molar-refractivity contribution in [1.82, 2.24) is 19.4 Å². The van der Waals surface area contributed by atoms with Crippen molar-refractivity contribution < 1.29 is 54.6 Å². The maximum absolute atomic E-state index is 13.7. The fourth-order valence-corrected chi connectivity index (χ4v) is 4.81. The van der Waals surface area contributed by atoms with Crippen LogP contribution in [0.25, 0.3) is 0 Å². The Morgan fingerprint density at radius 2 is 1.68 bits per heavy atom. The molecule has 41 heavy (non-hydrogen) atoms. The summed E-state index contributed by atoms with van der Waals surface area (Å²) in [4.78, 5) is 34.3. The maximum Gasteiger partial charge on any atom is 0.454 e. The van der Waals surface area contributed by atoms with Crippen molar-refractivity contribution in [3.05, 3.63) is 86.8 Å². The van der Waals surface area contributed by atoms with Crippen LogP contribution in [0, 0.1) is 5.82 Å². The summed E-state index contributed by atoms with van der Waals surface area (Å²) in [5, 5.41) is 3.61. The Labute approximate surface area is 226 Å². The average Bonchev–Trinajstić information content (AvgIpc) is 3.24. The van der Waals surface area contributed by atoms with Gasteiger partial charge in [0.25, 0.3) is 0 Å². The minimum absolute atomic E-state index is 0.00603. The molecular weight excluding hydrogens is 598 g/mol. The van der Waals surface area contributed by atoms with Gasteiger partial charge in [-0.3, -0.25) is 9.88 Å². The zero-order valence-corrected chi connectivity index (χ0v) is 21.8. The van der Waals surface area contributed by atoms with Gasteiger partial charge in [-0.25, -0.2) is 13.8 Å². The van der Waals surface area contributed by atoms with E-state index in [2.05, 4.69) is 10.1 Å². The van der Waals surface area contributed by atoms with Gasteiger partial charge in [-0.2, -0.15) is 26.3 Å². The molecule has 0 aliphatic carbocycles. The Morgan fingerprint density at radius 3 is 2.20 bits per heavy atom. The number of hydrogen-bond acceptors (Lipinski definition) is 6. The van der Waals surface area contributed by atoms with Crippen LogP contribution in [0.15, 0.2) is 47.3 Å². The second kappa shape index (κ2) is 11.3. The highest BCUT2D eigenvalue weighted by Gasteiger charge is 2.39. The molecule has 1 aromatic heterocycles. The number of hydrogen-bond donors (Lipinski definition) is 3. The summed E-state index contributed by atoms with van der Waals surface area (Å²) >= 11 is 0. The first-order valence-electron chi connectivity index (χ1n) is 11.7. The molecule has 1 saturated heterocycles. The lowest BCUT2D eigenvalue weighted by Gasteiger charge is -2.41. The molecule has 0 radical (unpaired) electrons. The van der Waals surface area contributed by atoms with Gasteiger partial charge in [0.2, 0.25) is 0 Å². The van der Waals surface area contributed by atoms with Gasteiger partial charge in [0, 0.05) is 6.54 Å². The van der Waals surface area contributed by atoms with E-state index in [1.165, 1.54) is 19.1 Å². The third-order valence-electron chi connectivity index (χ3n) is 6.19. The Hall–Kier alpha value is -3.08. The van der Waals surface area contributed by atoms with Crippen LogP contribution in [0.2, 0.25) is 0 Å². The minimum atomic E-state index is -5.07. The Morgan fingerprint density at radius 1 is 1.10 bits per heavy atom. The number of alkyl halides is 6. The van der Waals surface area contributed by atoms with Crippen LogP contribution in [0.4, 0.5) is 30.7 Å². The molecule has 0 amide bonds. The molecule has 2 heterocycles. The van der Waals surface area contributed by atoms with E-state index in [0.29, 0.717) is 17.7 Å². The molecule has 0 unspecified atom stereocenters. The van der Waals surface area contributed by atoms with Crippen molar-refractivity contribution in [2.45, 2.75) is 44.3 Å². The molecule has 2 aromatic carbocycles. The molecule has 0 saturated carbocycles. The largest absolute Gasteiger partial charge is 0.454 e. The van der Waals surface area contributed by atoms with Crippen LogP contribution in [0.3, 0.4) is 0 Å². The molecule has 0 spiro atoms. The topological polar surface area (TPSA) is 130 Å². The number of ether oxygens (including phenoxy) is 2. The molecule has 10 nitrogen and oxygen atoms in total. The molecule has 1 fully saturated rings. The van der Waals surface area contributed by atoms with Gasteiger partial charge >= 0.3 is 25.8 Å². The van der Waals surface area contributed by atoms with E-state index in [1.54, 1.807) is 4.90 Å². The summed E-state index contributed by atoms with van der Waals surface area (Å²) in [6.45, 7) is 1.04. The molecule has 4 rings (SSSR count). The van der Waals surface area contributed by atoms with E-state index >= 15 is 0 Å². The van der Waals surface area contributed by atoms with E-state index < -0.39 is 66.7 Å². The molecular formula is C23H22F7N4O6P. The lowest BCUT2D eigenvalue weighted by molar-refractivity contribution is -0.231. The number of aromatic nitrogens is 3. The third kappa shape index (κ3) is 7.23. The van der Waals surface area contributed by atoms with Crippen molar-refractivity contribution in [2.75, 3.05) is 13.2 Å². The Bertz CT molecular complexity index is 1450. The molecule has 1 aliphatic heterocycles. The fraction of sp³-hybridized carbons (Fsp3) is 0.391. The minimum Gasteiger partial charge on any atom is -0.349 e. The van der Waals surface area contributed by atoms with Crippen molar-refractivity contribution in [3.63, 3.8) is 0 Å².